The van der Waals surface area contributed by atoms with Gasteiger partial charge in [-0.05, 0) is 54.3 Å². The van der Waals surface area contributed by atoms with Crippen molar-refractivity contribution >= 4 is 29.3 Å². The van der Waals surface area contributed by atoms with Crippen molar-refractivity contribution < 1.29 is 9.59 Å². The molecule has 2 amide bonds. The molecule has 0 heterocycles. The average molecular weight is 361 g/mol. The zero-order valence-electron chi connectivity index (χ0n) is 15.6. The van der Waals surface area contributed by atoms with Crippen molar-refractivity contribution in [1.82, 2.24) is 0 Å². The van der Waals surface area contributed by atoms with Gasteiger partial charge in [-0.1, -0.05) is 37.6 Å². The topological polar surface area (TPSA) is 82.0 Å². The fourth-order valence-electron chi connectivity index (χ4n) is 2.52. The molecule has 2 aromatic carbocycles. The minimum atomic E-state index is -0.454. The quantitative estimate of drug-likeness (QED) is 0.561. The molecule has 0 fully saturated rings. The van der Waals surface area contributed by atoms with Crippen molar-refractivity contribution in [1.29, 1.82) is 5.26 Å². The maximum atomic E-state index is 12.4. The van der Waals surface area contributed by atoms with E-state index in [1.165, 1.54) is 18.6 Å². The molecule has 2 N–H and O–H groups in total. The molecule has 27 heavy (non-hydrogen) atoms. The number of nitrogens with one attached hydrogen (secondary N) is 2. The summed E-state index contributed by atoms with van der Waals surface area (Å²) in [5, 5.41) is 14.7. The van der Waals surface area contributed by atoms with Crippen LogP contribution in [0.15, 0.2) is 54.1 Å². The van der Waals surface area contributed by atoms with E-state index in [0.29, 0.717) is 16.9 Å². The van der Waals surface area contributed by atoms with Crippen molar-refractivity contribution in [2.24, 2.45) is 0 Å². The number of carbonyl (C=O) groups is 2. The van der Waals surface area contributed by atoms with Crippen molar-refractivity contribution in [3.8, 4) is 6.07 Å². The number of hydrogen-bond donors (Lipinski definition) is 2. The minimum absolute atomic E-state index is 0.0114. The highest BCUT2D eigenvalue weighted by molar-refractivity contribution is 6.09. The van der Waals surface area contributed by atoms with Crippen LogP contribution in [0.3, 0.4) is 0 Å². The van der Waals surface area contributed by atoms with Crippen molar-refractivity contribution in [3.63, 3.8) is 0 Å². The normalized spacial score (nSPS) is 10.8. The molecule has 0 aliphatic heterocycles. The Morgan fingerprint density at radius 1 is 1.00 bits per heavy atom. The first-order valence-corrected chi connectivity index (χ1v) is 8.91. The van der Waals surface area contributed by atoms with E-state index < -0.39 is 5.91 Å². The van der Waals surface area contributed by atoms with Crippen LogP contribution in [0.5, 0.6) is 0 Å². The maximum absolute atomic E-state index is 12.4. The summed E-state index contributed by atoms with van der Waals surface area (Å²) in [6, 6.07) is 16.5. The number of nitriles is 1. The summed E-state index contributed by atoms with van der Waals surface area (Å²) in [5.41, 5.74) is 3.25. The summed E-state index contributed by atoms with van der Waals surface area (Å²) in [5.74, 6) is -0.610. The lowest BCUT2D eigenvalue weighted by Gasteiger charge is -2.06. The van der Waals surface area contributed by atoms with Gasteiger partial charge in [0.25, 0.3) is 5.91 Å². The molecule has 0 saturated heterocycles. The molecular formula is C22H23N3O2. The number of carbonyl (C=O) groups excluding carboxylic acids is 2. The molecule has 0 aromatic heterocycles. The Morgan fingerprint density at radius 3 is 2.15 bits per heavy atom. The standard InChI is InChI=1S/C22H23N3O2/c1-3-4-5-17-6-10-21(11-7-17)25-22(27)19(15-23)14-18-8-12-20(13-9-18)24-16(2)26/h6-14H,3-5H2,1-2H3,(H,24,26)(H,25,27)/b19-14-. The van der Waals surface area contributed by atoms with Gasteiger partial charge in [-0.3, -0.25) is 9.59 Å². The first-order chi connectivity index (χ1) is 13.0. The second kappa shape index (κ2) is 9.93. The average Bonchev–Trinajstić information content (AvgIpc) is 2.66. The monoisotopic (exact) mass is 361 g/mol. The zero-order chi connectivity index (χ0) is 19.6. The van der Waals surface area contributed by atoms with Crippen molar-refractivity contribution in [2.45, 2.75) is 33.1 Å². The van der Waals surface area contributed by atoms with Gasteiger partial charge in [-0.2, -0.15) is 5.26 Å². The zero-order valence-corrected chi connectivity index (χ0v) is 15.6. The highest BCUT2D eigenvalue weighted by Crippen LogP contribution is 2.15. The second-order valence-electron chi connectivity index (χ2n) is 6.23. The number of amides is 2. The van der Waals surface area contributed by atoms with Crippen molar-refractivity contribution in [3.05, 3.63) is 65.2 Å². The summed E-state index contributed by atoms with van der Waals surface area (Å²) in [6.07, 6.45) is 4.80. The van der Waals surface area contributed by atoms with E-state index in [4.69, 9.17) is 0 Å². The molecular weight excluding hydrogens is 338 g/mol. The molecule has 0 unspecified atom stereocenters. The van der Waals surface area contributed by atoms with Crippen LogP contribution < -0.4 is 10.6 Å². The Labute approximate surface area is 159 Å². The van der Waals surface area contributed by atoms with E-state index in [2.05, 4.69) is 17.6 Å². The summed E-state index contributed by atoms with van der Waals surface area (Å²) in [7, 11) is 0. The van der Waals surface area contributed by atoms with Crippen LogP contribution in [0.4, 0.5) is 11.4 Å². The number of nitrogens with zero attached hydrogens (tertiary/aromatic N) is 1. The minimum Gasteiger partial charge on any atom is -0.326 e. The van der Waals surface area contributed by atoms with Gasteiger partial charge in [0.1, 0.15) is 11.6 Å². The van der Waals surface area contributed by atoms with Gasteiger partial charge < -0.3 is 10.6 Å². The van der Waals surface area contributed by atoms with Crippen LogP contribution in [-0.2, 0) is 16.0 Å². The smallest absolute Gasteiger partial charge is 0.266 e. The van der Waals surface area contributed by atoms with Crippen LogP contribution in [0.1, 0.15) is 37.8 Å². The van der Waals surface area contributed by atoms with Gasteiger partial charge in [-0.15, -0.1) is 0 Å². The summed E-state index contributed by atoms with van der Waals surface area (Å²) in [4.78, 5) is 23.4. The number of benzene rings is 2. The molecule has 2 aromatic rings. The summed E-state index contributed by atoms with van der Waals surface area (Å²) < 4.78 is 0. The Kier molecular flexibility index (Phi) is 7.33. The van der Waals surface area contributed by atoms with Gasteiger partial charge in [0, 0.05) is 18.3 Å². The largest absolute Gasteiger partial charge is 0.326 e. The number of rotatable bonds is 7. The predicted octanol–water partition coefficient (Wildman–Crippen LogP) is 4.53. The van der Waals surface area contributed by atoms with E-state index in [9.17, 15) is 14.9 Å². The highest BCUT2D eigenvalue weighted by Gasteiger charge is 2.09. The maximum Gasteiger partial charge on any atom is 0.266 e. The fourth-order valence-corrected chi connectivity index (χ4v) is 2.52. The Hall–Kier alpha value is -3.39. The van der Waals surface area contributed by atoms with Crippen LogP contribution in [0, 0.1) is 11.3 Å². The predicted molar refractivity (Wildman–Crippen MR) is 108 cm³/mol. The Morgan fingerprint density at radius 2 is 1.59 bits per heavy atom. The molecule has 0 aliphatic carbocycles. The van der Waals surface area contributed by atoms with Gasteiger partial charge in [0.15, 0.2) is 0 Å². The van der Waals surface area contributed by atoms with E-state index in [1.807, 2.05) is 30.3 Å². The molecule has 5 heteroatoms. The van der Waals surface area contributed by atoms with E-state index in [-0.39, 0.29) is 11.5 Å². The molecule has 0 spiro atoms. The first-order valence-electron chi connectivity index (χ1n) is 8.91. The molecule has 0 radical (unpaired) electrons. The van der Waals surface area contributed by atoms with Crippen LogP contribution in [0.25, 0.3) is 6.08 Å². The van der Waals surface area contributed by atoms with Crippen LogP contribution in [-0.4, -0.2) is 11.8 Å². The van der Waals surface area contributed by atoms with Gasteiger partial charge >= 0.3 is 0 Å². The molecule has 5 nitrogen and oxygen atoms in total. The van der Waals surface area contributed by atoms with Gasteiger partial charge in [-0.25, -0.2) is 0 Å². The van der Waals surface area contributed by atoms with E-state index >= 15 is 0 Å². The van der Waals surface area contributed by atoms with E-state index in [0.717, 1.165) is 19.3 Å². The highest BCUT2D eigenvalue weighted by atomic mass is 16.2. The Balaban J connectivity index is 2.05. The lowest BCUT2D eigenvalue weighted by Crippen LogP contribution is -2.13. The molecule has 0 bridgehead atoms. The summed E-state index contributed by atoms with van der Waals surface area (Å²) >= 11 is 0. The van der Waals surface area contributed by atoms with E-state index in [1.54, 1.807) is 24.3 Å². The number of aryl methyl sites for hydroxylation is 1. The van der Waals surface area contributed by atoms with Crippen molar-refractivity contribution in [2.75, 3.05) is 10.6 Å². The third kappa shape index (κ3) is 6.44. The third-order valence-corrected chi connectivity index (χ3v) is 3.94. The molecule has 0 aliphatic rings. The molecule has 0 atom stereocenters. The molecule has 2 rings (SSSR count). The Bertz CT molecular complexity index is 860. The number of anilines is 2. The van der Waals surface area contributed by atoms with Crippen LogP contribution >= 0.6 is 0 Å². The molecule has 0 saturated carbocycles. The molecule has 138 valence electrons. The first kappa shape index (κ1) is 19.9. The lowest BCUT2D eigenvalue weighted by molar-refractivity contribution is -0.114. The SMILES string of the molecule is CCCCc1ccc(NC(=O)/C(C#N)=C\c2ccc(NC(C)=O)cc2)cc1. The van der Waals surface area contributed by atoms with Gasteiger partial charge in [0.2, 0.25) is 5.91 Å². The fraction of sp³-hybridized carbons (Fsp3) is 0.227. The second-order valence-corrected chi connectivity index (χ2v) is 6.23. The van der Waals surface area contributed by atoms with Crippen LogP contribution in [0.2, 0.25) is 0 Å². The van der Waals surface area contributed by atoms with Gasteiger partial charge in [0.05, 0.1) is 0 Å². The lowest BCUT2D eigenvalue weighted by atomic mass is 10.1. The number of unbranched alkanes of at least 4 members (excludes halogenated alkanes) is 1. The number of hydrogen-bond acceptors (Lipinski definition) is 3. The third-order valence-electron chi connectivity index (χ3n) is 3.94. The summed E-state index contributed by atoms with van der Waals surface area (Å²) in [6.45, 7) is 3.58.